The molecule has 0 aliphatic heterocycles. The fraction of sp³-hybridized carbons (Fsp3) is 0.364. The molecule has 0 saturated carbocycles. The van der Waals surface area contributed by atoms with Crippen LogP contribution in [0.4, 0.5) is 0 Å². The molecule has 2 aromatic carbocycles. The Balaban J connectivity index is 2.03. The van der Waals surface area contributed by atoms with Crippen LogP contribution in [0.3, 0.4) is 0 Å². The number of rotatable bonds is 3. The largest absolute Gasteiger partial charge is 0.768 e. The highest BCUT2D eigenvalue weighted by Gasteiger charge is 2.22. The summed E-state index contributed by atoms with van der Waals surface area (Å²) in [7, 11) is 0. The fourth-order valence-corrected chi connectivity index (χ4v) is 3.15. The second kappa shape index (κ2) is 7.26. The molecule has 0 radical (unpaired) electrons. The van der Waals surface area contributed by atoms with E-state index in [1.54, 1.807) is 12.1 Å². The van der Waals surface area contributed by atoms with Gasteiger partial charge in [-0.2, -0.15) is 4.98 Å². The second-order valence-electron chi connectivity index (χ2n) is 8.98. The van der Waals surface area contributed by atoms with Crippen LogP contribution in [0.2, 0.25) is 0 Å². The van der Waals surface area contributed by atoms with Crippen molar-refractivity contribution in [3.8, 4) is 22.8 Å². The number of hydrogen-bond acceptors (Lipinski definition) is 5. The molecule has 3 aromatic rings. The van der Waals surface area contributed by atoms with E-state index in [0.29, 0.717) is 17.3 Å². The molecule has 3 rings (SSSR count). The molecule has 0 saturated heterocycles. The SMILES string of the molecule is CC(C)(C)c1cc(-c2nc(-c3ccc(S(=O)[O-])cc3)no2)cc(C(C)(C)C)c1. The standard InChI is InChI=1S/C22H26N2O3S/c1-21(2,3)16-11-15(12-17(13-16)22(4,5)6)20-23-19(24-27-20)14-7-9-18(10-8-14)28(25)26/h7-13H,1-6H3,(H,25,26)/p-1. The lowest BCUT2D eigenvalue weighted by atomic mass is 9.79. The Labute approximate surface area is 168 Å². The summed E-state index contributed by atoms with van der Waals surface area (Å²) in [6.45, 7) is 13.1. The van der Waals surface area contributed by atoms with Gasteiger partial charge in [-0.1, -0.05) is 52.8 Å². The zero-order chi connectivity index (χ0) is 20.7. The second-order valence-corrected chi connectivity index (χ2v) is 9.92. The van der Waals surface area contributed by atoms with Crippen LogP contribution >= 0.6 is 0 Å². The topological polar surface area (TPSA) is 79.0 Å². The van der Waals surface area contributed by atoms with Crippen molar-refractivity contribution in [3.63, 3.8) is 0 Å². The Bertz CT molecular complexity index is 977. The number of nitrogens with zero attached hydrogens (tertiary/aromatic N) is 2. The smallest absolute Gasteiger partial charge is 0.258 e. The zero-order valence-electron chi connectivity index (χ0n) is 17.1. The van der Waals surface area contributed by atoms with Crippen LogP contribution in [-0.2, 0) is 21.9 Å². The molecular weight excluding hydrogens is 372 g/mol. The molecule has 148 valence electrons. The summed E-state index contributed by atoms with van der Waals surface area (Å²) in [5.74, 6) is 0.875. The summed E-state index contributed by atoms with van der Waals surface area (Å²) < 4.78 is 27.6. The predicted molar refractivity (Wildman–Crippen MR) is 110 cm³/mol. The van der Waals surface area contributed by atoms with Crippen molar-refractivity contribution in [2.75, 3.05) is 0 Å². The Morgan fingerprint density at radius 3 is 1.86 bits per heavy atom. The van der Waals surface area contributed by atoms with E-state index in [1.807, 2.05) is 0 Å². The first-order valence-corrected chi connectivity index (χ1v) is 10.2. The molecule has 1 aromatic heterocycles. The summed E-state index contributed by atoms with van der Waals surface area (Å²) in [6.07, 6.45) is 0. The van der Waals surface area contributed by atoms with Crippen molar-refractivity contribution in [2.45, 2.75) is 57.3 Å². The van der Waals surface area contributed by atoms with E-state index in [2.05, 4.69) is 69.9 Å². The lowest BCUT2D eigenvalue weighted by molar-refractivity contribution is 0.432. The van der Waals surface area contributed by atoms with E-state index in [9.17, 15) is 8.76 Å². The van der Waals surface area contributed by atoms with Crippen molar-refractivity contribution in [1.29, 1.82) is 0 Å². The van der Waals surface area contributed by atoms with E-state index < -0.39 is 11.1 Å². The molecule has 1 unspecified atom stereocenters. The first kappa shape index (κ1) is 20.4. The van der Waals surface area contributed by atoms with Gasteiger partial charge in [0.2, 0.25) is 5.82 Å². The van der Waals surface area contributed by atoms with Crippen LogP contribution < -0.4 is 0 Å². The molecule has 0 spiro atoms. The zero-order valence-corrected chi connectivity index (χ0v) is 17.9. The lowest BCUT2D eigenvalue weighted by Gasteiger charge is -2.25. The maximum absolute atomic E-state index is 11.0. The van der Waals surface area contributed by atoms with Gasteiger partial charge in [-0.15, -0.1) is 0 Å². The molecule has 0 N–H and O–H groups in total. The quantitative estimate of drug-likeness (QED) is 0.565. The maximum Gasteiger partial charge on any atom is 0.258 e. The van der Waals surface area contributed by atoms with Crippen molar-refractivity contribution < 1.29 is 13.3 Å². The highest BCUT2D eigenvalue weighted by molar-refractivity contribution is 7.79. The van der Waals surface area contributed by atoms with Gasteiger partial charge < -0.3 is 9.08 Å². The summed E-state index contributed by atoms with van der Waals surface area (Å²) >= 11 is -2.25. The van der Waals surface area contributed by atoms with Crippen LogP contribution in [0, 0.1) is 0 Å². The van der Waals surface area contributed by atoms with Gasteiger partial charge in [0.05, 0.1) is 0 Å². The first-order valence-electron chi connectivity index (χ1n) is 9.15. The summed E-state index contributed by atoms with van der Waals surface area (Å²) in [5, 5.41) is 4.08. The molecule has 1 heterocycles. The van der Waals surface area contributed by atoms with E-state index in [0.717, 1.165) is 5.56 Å². The van der Waals surface area contributed by atoms with Gasteiger partial charge in [-0.25, -0.2) is 0 Å². The average Bonchev–Trinajstić information content (AvgIpc) is 3.10. The number of hydrogen-bond donors (Lipinski definition) is 0. The molecule has 5 nitrogen and oxygen atoms in total. The molecule has 0 bridgehead atoms. The van der Waals surface area contributed by atoms with Gasteiger partial charge in [-0.3, -0.25) is 4.21 Å². The molecular formula is C22H25N2O3S-. The monoisotopic (exact) mass is 397 g/mol. The van der Waals surface area contributed by atoms with Crippen LogP contribution in [0.25, 0.3) is 22.8 Å². The first-order chi connectivity index (χ1) is 12.9. The van der Waals surface area contributed by atoms with Crippen molar-refractivity contribution >= 4 is 11.1 Å². The Morgan fingerprint density at radius 2 is 1.39 bits per heavy atom. The molecule has 1 atom stereocenters. The minimum Gasteiger partial charge on any atom is -0.768 e. The minimum atomic E-state index is -2.25. The van der Waals surface area contributed by atoms with E-state index in [-0.39, 0.29) is 15.7 Å². The molecule has 0 fully saturated rings. The van der Waals surface area contributed by atoms with Gasteiger partial charge in [0.15, 0.2) is 0 Å². The molecule has 0 aliphatic rings. The van der Waals surface area contributed by atoms with Crippen molar-refractivity contribution in [1.82, 2.24) is 10.1 Å². The fourth-order valence-electron chi connectivity index (χ4n) is 2.79. The molecule has 0 amide bonds. The summed E-state index contributed by atoms with van der Waals surface area (Å²) in [6, 6.07) is 12.8. The normalized spacial score (nSPS) is 13.5. The maximum atomic E-state index is 11.0. The van der Waals surface area contributed by atoms with Crippen LogP contribution in [-0.4, -0.2) is 18.9 Å². The van der Waals surface area contributed by atoms with Gasteiger partial charge >= 0.3 is 0 Å². The van der Waals surface area contributed by atoms with Crippen molar-refractivity contribution in [2.24, 2.45) is 0 Å². The summed E-state index contributed by atoms with van der Waals surface area (Å²) in [5.41, 5.74) is 3.97. The molecule has 6 heteroatoms. The number of benzene rings is 2. The van der Waals surface area contributed by atoms with Gasteiger partial charge in [0.1, 0.15) is 0 Å². The average molecular weight is 398 g/mol. The van der Waals surface area contributed by atoms with E-state index in [4.69, 9.17) is 4.52 Å². The highest BCUT2D eigenvalue weighted by atomic mass is 32.2. The van der Waals surface area contributed by atoms with Gasteiger partial charge in [0.25, 0.3) is 5.89 Å². The van der Waals surface area contributed by atoms with E-state index >= 15 is 0 Å². The third-order valence-corrected chi connectivity index (χ3v) is 5.30. The van der Waals surface area contributed by atoms with Crippen LogP contribution in [0.1, 0.15) is 52.7 Å². The number of aromatic nitrogens is 2. The van der Waals surface area contributed by atoms with Gasteiger partial charge in [0, 0.05) is 16.0 Å². The Morgan fingerprint density at radius 1 is 0.857 bits per heavy atom. The lowest BCUT2D eigenvalue weighted by Crippen LogP contribution is -2.16. The predicted octanol–water partition coefficient (Wildman–Crippen LogP) is 5.24. The third kappa shape index (κ3) is 4.39. The summed E-state index contributed by atoms with van der Waals surface area (Å²) in [4.78, 5) is 4.76. The Kier molecular flexibility index (Phi) is 5.30. The molecule has 0 aliphatic carbocycles. The van der Waals surface area contributed by atoms with E-state index in [1.165, 1.54) is 23.3 Å². The van der Waals surface area contributed by atoms with Crippen molar-refractivity contribution in [3.05, 3.63) is 53.6 Å². The third-order valence-electron chi connectivity index (χ3n) is 4.64. The van der Waals surface area contributed by atoms with Crippen LogP contribution in [0.5, 0.6) is 0 Å². The Hall–Kier alpha value is -2.31. The highest BCUT2D eigenvalue weighted by Crippen LogP contribution is 2.34. The molecule has 28 heavy (non-hydrogen) atoms. The van der Waals surface area contributed by atoms with Gasteiger partial charge in [-0.05, 0) is 69.4 Å². The minimum absolute atomic E-state index is 0.0112. The van der Waals surface area contributed by atoms with Crippen LogP contribution in [0.15, 0.2) is 51.9 Å².